The Hall–Kier alpha value is -0.320. The van der Waals surface area contributed by atoms with Crippen LogP contribution in [0.25, 0.3) is 0 Å². The van der Waals surface area contributed by atoms with Gasteiger partial charge in [-0.3, -0.25) is 4.79 Å². The molecule has 0 amide bonds. The van der Waals surface area contributed by atoms with Crippen molar-refractivity contribution in [2.75, 3.05) is 12.4 Å². The molecule has 22 heavy (non-hydrogen) atoms. The van der Waals surface area contributed by atoms with E-state index in [2.05, 4.69) is 6.92 Å². The molecule has 2 nitrogen and oxygen atoms in total. The summed E-state index contributed by atoms with van der Waals surface area (Å²) in [5.74, 6) is 1.08. The van der Waals surface area contributed by atoms with Gasteiger partial charge in [0.15, 0.2) is 0 Å². The number of rotatable bonds is 14. The third-order valence-corrected chi connectivity index (χ3v) is 4.63. The van der Waals surface area contributed by atoms with E-state index in [0.717, 1.165) is 44.3 Å². The van der Waals surface area contributed by atoms with Gasteiger partial charge in [0.2, 0.25) is 6.43 Å². The Morgan fingerprint density at radius 1 is 1.05 bits per heavy atom. The number of hydrogen-bond acceptors (Lipinski definition) is 3. The van der Waals surface area contributed by atoms with Gasteiger partial charge in [-0.15, -0.1) is 11.8 Å². The molecule has 1 unspecified atom stereocenters. The van der Waals surface area contributed by atoms with Crippen molar-refractivity contribution >= 4 is 17.7 Å². The van der Waals surface area contributed by atoms with E-state index in [4.69, 9.17) is 4.74 Å². The largest absolute Gasteiger partial charge is 0.465 e. The Balaban J connectivity index is 3.98. The molecule has 132 valence electrons. The molecule has 0 aliphatic heterocycles. The van der Waals surface area contributed by atoms with Crippen LogP contribution in [-0.4, -0.2) is 30.0 Å². The van der Waals surface area contributed by atoms with Gasteiger partial charge >= 0.3 is 5.97 Å². The molecule has 0 saturated carbocycles. The van der Waals surface area contributed by atoms with Crippen molar-refractivity contribution < 1.29 is 18.3 Å². The van der Waals surface area contributed by atoms with Gasteiger partial charge in [-0.25, -0.2) is 8.78 Å². The molecular formula is C17H32F2O2S. The molecule has 0 N–H and O–H groups in total. The van der Waals surface area contributed by atoms with Gasteiger partial charge in [-0.2, -0.15) is 0 Å². The Morgan fingerprint density at radius 3 is 2.32 bits per heavy atom. The van der Waals surface area contributed by atoms with Crippen molar-refractivity contribution in [2.24, 2.45) is 5.92 Å². The lowest BCUT2D eigenvalue weighted by Gasteiger charge is -2.16. The summed E-state index contributed by atoms with van der Waals surface area (Å²) >= 11 is 1.63. The molecule has 0 radical (unpaired) electrons. The molecule has 0 aromatic heterocycles. The fourth-order valence-electron chi connectivity index (χ4n) is 1.99. The molecule has 0 bridgehead atoms. The summed E-state index contributed by atoms with van der Waals surface area (Å²) in [6, 6.07) is 0. The number of carbonyl (C=O) groups is 1. The van der Waals surface area contributed by atoms with Crippen molar-refractivity contribution in [1.29, 1.82) is 0 Å². The lowest BCUT2D eigenvalue weighted by atomic mass is 10.1. The first-order valence-corrected chi connectivity index (χ1v) is 9.58. The van der Waals surface area contributed by atoms with Crippen LogP contribution in [-0.2, 0) is 9.53 Å². The van der Waals surface area contributed by atoms with E-state index in [0.29, 0.717) is 18.9 Å². The van der Waals surface area contributed by atoms with E-state index in [9.17, 15) is 13.6 Å². The number of unbranched alkanes of at least 4 members (excludes halogenated alkanes) is 4. The Morgan fingerprint density at radius 2 is 1.73 bits per heavy atom. The minimum absolute atomic E-state index is 0.0129. The monoisotopic (exact) mass is 338 g/mol. The smallest absolute Gasteiger partial charge is 0.319 e. The molecule has 0 rings (SSSR count). The lowest BCUT2D eigenvalue weighted by molar-refractivity contribution is -0.144. The van der Waals surface area contributed by atoms with Gasteiger partial charge in [0, 0.05) is 6.42 Å². The zero-order valence-corrected chi connectivity index (χ0v) is 15.1. The molecule has 0 aromatic carbocycles. The molecule has 0 fully saturated rings. The number of alkyl halides is 2. The second kappa shape index (κ2) is 14.3. The van der Waals surface area contributed by atoms with Crippen LogP contribution in [0.15, 0.2) is 0 Å². The molecule has 0 spiro atoms. The maximum absolute atomic E-state index is 12.1. The normalized spacial score (nSPS) is 12.9. The lowest BCUT2D eigenvalue weighted by Crippen LogP contribution is -2.22. The van der Waals surface area contributed by atoms with E-state index in [1.54, 1.807) is 11.8 Å². The van der Waals surface area contributed by atoms with Crippen molar-refractivity contribution in [3.05, 3.63) is 0 Å². The number of carbonyl (C=O) groups excluding carboxylic acids is 1. The standard InChI is InChI=1S/C17H32F2O2S/c1-4-5-7-10-15(17(20)21-13-14(2)3)22-12-9-6-8-11-16(18)19/h14-16H,4-13H2,1-3H3. The maximum atomic E-state index is 12.1. The van der Waals surface area contributed by atoms with Crippen LogP contribution in [0.4, 0.5) is 8.78 Å². The van der Waals surface area contributed by atoms with Gasteiger partial charge < -0.3 is 4.74 Å². The Bertz CT molecular complexity index is 273. The molecule has 0 aliphatic carbocycles. The van der Waals surface area contributed by atoms with Gasteiger partial charge in [-0.05, 0) is 30.9 Å². The van der Waals surface area contributed by atoms with Crippen LogP contribution in [0.1, 0.15) is 72.1 Å². The van der Waals surface area contributed by atoms with Crippen LogP contribution < -0.4 is 0 Å². The van der Waals surface area contributed by atoms with Gasteiger partial charge in [0.25, 0.3) is 0 Å². The molecule has 0 heterocycles. The predicted molar refractivity (Wildman–Crippen MR) is 90.7 cm³/mol. The first-order valence-electron chi connectivity index (χ1n) is 8.53. The topological polar surface area (TPSA) is 26.3 Å². The van der Waals surface area contributed by atoms with E-state index < -0.39 is 6.43 Å². The van der Waals surface area contributed by atoms with E-state index in [1.807, 2.05) is 13.8 Å². The maximum Gasteiger partial charge on any atom is 0.319 e. The van der Waals surface area contributed by atoms with E-state index >= 15 is 0 Å². The second-order valence-electron chi connectivity index (χ2n) is 6.12. The summed E-state index contributed by atoms with van der Waals surface area (Å²) in [5.41, 5.74) is 0. The predicted octanol–water partition coefficient (Wildman–Crippen LogP) is 5.69. The Labute approximate surface area is 138 Å². The quantitative estimate of drug-likeness (QED) is 0.300. The SMILES string of the molecule is CCCCCC(SCCCCCC(F)F)C(=O)OCC(C)C. The number of ether oxygens (including phenoxy) is 1. The zero-order chi connectivity index (χ0) is 16.8. The first-order chi connectivity index (χ1) is 10.5. The minimum Gasteiger partial charge on any atom is -0.465 e. The summed E-state index contributed by atoms with van der Waals surface area (Å²) in [4.78, 5) is 12.1. The van der Waals surface area contributed by atoms with Crippen molar-refractivity contribution in [1.82, 2.24) is 0 Å². The van der Waals surface area contributed by atoms with Gasteiger partial charge in [0.1, 0.15) is 5.25 Å². The molecular weight excluding hydrogens is 306 g/mol. The van der Waals surface area contributed by atoms with Crippen molar-refractivity contribution in [3.8, 4) is 0 Å². The zero-order valence-electron chi connectivity index (χ0n) is 14.3. The van der Waals surface area contributed by atoms with Crippen LogP contribution in [0.5, 0.6) is 0 Å². The number of esters is 1. The summed E-state index contributed by atoms with van der Waals surface area (Å²) in [6.07, 6.45) is 4.20. The summed E-state index contributed by atoms with van der Waals surface area (Å²) in [6.45, 7) is 6.66. The highest BCUT2D eigenvalue weighted by Gasteiger charge is 2.20. The average Bonchev–Trinajstić information content (AvgIpc) is 2.46. The third kappa shape index (κ3) is 13.4. The van der Waals surface area contributed by atoms with Crippen molar-refractivity contribution in [2.45, 2.75) is 83.8 Å². The molecule has 0 aromatic rings. The van der Waals surface area contributed by atoms with Gasteiger partial charge in [0.05, 0.1) is 6.61 Å². The molecule has 1 atom stereocenters. The summed E-state index contributed by atoms with van der Waals surface area (Å²) < 4.78 is 29.4. The number of halogens is 2. The summed E-state index contributed by atoms with van der Waals surface area (Å²) in [5, 5.41) is -0.0969. The second-order valence-corrected chi connectivity index (χ2v) is 7.43. The summed E-state index contributed by atoms with van der Waals surface area (Å²) in [7, 11) is 0. The molecule has 5 heteroatoms. The molecule has 0 aliphatic rings. The highest BCUT2D eigenvalue weighted by atomic mass is 32.2. The van der Waals surface area contributed by atoms with E-state index in [1.165, 1.54) is 0 Å². The Kier molecular flexibility index (Phi) is 14.1. The van der Waals surface area contributed by atoms with Crippen LogP contribution in [0.2, 0.25) is 0 Å². The minimum atomic E-state index is -2.19. The number of hydrogen-bond donors (Lipinski definition) is 0. The molecule has 0 saturated heterocycles. The fourth-order valence-corrected chi connectivity index (χ4v) is 3.19. The highest BCUT2D eigenvalue weighted by molar-refractivity contribution is 8.00. The third-order valence-electron chi connectivity index (χ3n) is 3.28. The van der Waals surface area contributed by atoms with Crippen LogP contribution >= 0.6 is 11.8 Å². The van der Waals surface area contributed by atoms with E-state index in [-0.39, 0.29) is 17.6 Å². The van der Waals surface area contributed by atoms with Gasteiger partial charge in [-0.1, -0.05) is 46.5 Å². The first kappa shape index (κ1) is 21.7. The van der Waals surface area contributed by atoms with Crippen molar-refractivity contribution in [3.63, 3.8) is 0 Å². The van der Waals surface area contributed by atoms with Crippen LogP contribution in [0.3, 0.4) is 0 Å². The van der Waals surface area contributed by atoms with Crippen LogP contribution in [0, 0.1) is 5.92 Å². The highest BCUT2D eigenvalue weighted by Crippen LogP contribution is 2.22. The average molecular weight is 339 g/mol. The number of thioether (sulfide) groups is 1. The fraction of sp³-hybridized carbons (Fsp3) is 0.941.